The topological polar surface area (TPSA) is 44.3 Å². The fourth-order valence-electron chi connectivity index (χ4n) is 4.12. The lowest BCUT2D eigenvalue weighted by Gasteiger charge is -2.36. The van der Waals surface area contributed by atoms with Crippen molar-refractivity contribution in [3.63, 3.8) is 0 Å². The highest BCUT2D eigenvalue weighted by Gasteiger charge is 2.21. The summed E-state index contributed by atoms with van der Waals surface area (Å²) in [6, 6.07) is 9.58. The third-order valence-electron chi connectivity index (χ3n) is 5.66. The standard InChI is InChI=1S/C21H28FN5/c22-18-9-5-6-10-19(18)26-11-13-27(14-12-26)21-15-20(23-16-24-21)25-17-7-3-1-2-4-8-17/h5-6,9-10,15-17H,1-4,7-8,11-14H2,(H,23,24,25). The summed E-state index contributed by atoms with van der Waals surface area (Å²) in [4.78, 5) is 13.3. The van der Waals surface area contributed by atoms with Gasteiger partial charge in [0, 0.05) is 38.3 Å². The van der Waals surface area contributed by atoms with Gasteiger partial charge in [-0.2, -0.15) is 0 Å². The summed E-state index contributed by atoms with van der Waals surface area (Å²) in [6.07, 6.45) is 9.39. The summed E-state index contributed by atoms with van der Waals surface area (Å²) in [5, 5.41) is 3.60. The molecule has 1 N–H and O–H groups in total. The fourth-order valence-corrected chi connectivity index (χ4v) is 4.12. The Labute approximate surface area is 160 Å². The maximum atomic E-state index is 14.0. The van der Waals surface area contributed by atoms with Gasteiger partial charge in [-0.1, -0.05) is 37.8 Å². The van der Waals surface area contributed by atoms with Crippen LogP contribution in [0, 0.1) is 5.82 Å². The number of rotatable bonds is 4. The molecular formula is C21H28FN5. The molecule has 1 saturated carbocycles. The molecule has 2 aromatic rings. The maximum absolute atomic E-state index is 14.0. The second-order valence-corrected chi connectivity index (χ2v) is 7.52. The van der Waals surface area contributed by atoms with E-state index in [-0.39, 0.29) is 5.82 Å². The first kappa shape index (κ1) is 18.0. The van der Waals surface area contributed by atoms with Crippen molar-refractivity contribution in [2.45, 2.75) is 44.6 Å². The number of para-hydroxylation sites is 1. The molecule has 0 bridgehead atoms. The van der Waals surface area contributed by atoms with Crippen LogP contribution in [-0.4, -0.2) is 42.2 Å². The molecule has 1 saturated heterocycles. The van der Waals surface area contributed by atoms with E-state index in [1.165, 1.54) is 44.6 Å². The van der Waals surface area contributed by atoms with E-state index in [0.29, 0.717) is 11.7 Å². The van der Waals surface area contributed by atoms with Crippen LogP contribution in [-0.2, 0) is 0 Å². The van der Waals surface area contributed by atoms with Crippen molar-refractivity contribution in [1.29, 1.82) is 0 Å². The zero-order valence-corrected chi connectivity index (χ0v) is 15.8. The molecule has 0 atom stereocenters. The number of hydrogen-bond acceptors (Lipinski definition) is 5. The van der Waals surface area contributed by atoms with Crippen LogP contribution in [0.5, 0.6) is 0 Å². The summed E-state index contributed by atoms with van der Waals surface area (Å²) in [7, 11) is 0. The SMILES string of the molecule is Fc1ccccc1N1CCN(c2cc(NC3CCCCCC3)ncn2)CC1. The van der Waals surface area contributed by atoms with Crippen molar-refractivity contribution in [3.05, 3.63) is 42.5 Å². The first-order valence-corrected chi connectivity index (χ1v) is 10.1. The quantitative estimate of drug-likeness (QED) is 0.823. The van der Waals surface area contributed by atoms with E-state index >= 15 is 0 Å². The van der Waals surface area contributed by atoms with Crippen molar-refractivity contribution in [1.82, 2.24) is 9.97 Å². The fraction of sp³-hybridized carbons (Fsp3) is 0.524. The third-order valence-corrected chi connectivity index (χ3v) is 5.66. The monoisotopic (exact) mass is 369 g/mol. The third kappa shape index (κ3) is 4.49. The van der Waals surface area contributed by atoms with Crippen molar-refractivity contribution in [3.8, 4) is 0 Å². The Hall–Kier alpha value is -2.37. The number of nitrogens with one attached hydrogen (secondary N) is 1. The molecule has 1 aromatic heterocycles. The zero-order valence-electron chi connectivity index (χ0n) is 15.8. The van der Waals surface area contributed by atoms with E-state index in [1.807, 2.05) is 12.1 Å². The van der Waals surface area contributed by atoms with Crippen molar-refractivity contribution in [2.75, 3.05) is 41.3 Å². The van der Waals surface area contributed by atoms with E-state index in [1.54, 1.807) is 12.4 Å². The van der Waals surface area contributed by atoms with Gasteiger partial charge in [0.2, 0.25) is 0 Å². The van der Waals surface area contributed by atoms with Crippen LogP contribution in [0.3, 0.4) is 0 Å². The Morgan fingerprint density at radius 3 is 2.33 bits per heavy atom. The van der Waals surface area contributed by atoms with E-state index < -0.39 is 0 Å². The number of hydrogen-bond donors (Lipinski definition) is 1. The van der Waals surface area contributed by atoms with Gasteiger partial charge in [0.25, 0.3) is 0 Å². The number of aromatic nitrogens is 2. The number of anilines is 3. The molecule has 0 amide bonds. The van der Waals surface area contributed by atoms with Crippen LogP contribution in [0.25, 0.3) is 0 Å². The van der Waals surface area contributed by atoms with Gasteiger partial charge in [-0.25, -0.2) is 14.4 Å². The highest BCUT2D eigenvalue weighted by molar-refractivity contribution is 5.52. The second-order valence-electron chi connectivity index (χ2n) is 7.52. The van der Waals surface area contributed by atoms with Gasteiger partial charge < -0.3 is 15.1 Å². The lowest BCUT2D eigenvalue weighted by atomic mass is 10.1. The molecule has 1 aromatic carbocycles. The summed E-state index contributed by atoms with van der Waals surface area (Å²) in [5.41, 5.74) is 0.690. The molecule has 1 aliphatic carbocycles. The van der Waals surface area contributed by atoms with Gasteiger partial charge in [-0.15, -0.1) is 0 Å². The van der Waals surface area contributed by atoms with Crippen LogP contribution in [0.4, 0.5) is 21.7 Å². The largest absolute Gasteiger partial charge is 0.367 e. The smallest absolute Gasteiger partial charge is 0.146 e. The summed E-state index contributed by atoms with van der Waals surface area (Å²) in [5.74, 6) is 1.72. The summed E-state index contributed by atoms with van der Waals surface area (Å²) < 4.78 is 14.0. The molecule has 27 heavy (non-hydrogen) atoms. The average molecular weight is 369 g/mol. The number of piperazine rings is 1. The van der Waals surface area contributed by atoms with Crippen molar-refractivity contribution in [2.24, 2.45) is 0 Å². The van der Waals surface area contributed by atoms with E-state index in [4.69, 9.17) is 0 Å². The Morgan fingerprint density at radius 2 is 1.59 bits per heavy atom. The first-order valence-electron chi connectivity index (χ1n) is 10.1. The van der Waals surface area contributed by atoms with E-state index in [9.17, 15) is 4.39 Å². The minimum atomic E-state index is -0.150. The predicted octanol–water partition coefficient (Wildman–Crippen LogP) is 4.08. The summed E-state index contributed by atoms with van der Waals surface area (Å²) >= 11 is 0. The van der Waals surface area contributed by atoms with Gasteiger partial charge in [0.15, 0.2) is 0 Å². The molecule has 6 heteroatoms. The van der Waals surface area contributed by atoms with Gasteiger partial charge in [-0.05, 0) is 25.0 Å². The number of halogens is 1. The molecule has 2 fully saturated rings. The Bertz CT molecular complexity index is 737. The molecule has 0 spiro atoms. The van der Waals surface area contributed by atoms with Gasteiger partial charge >= 0.3 is 0 Å². The van der Waals surface area contributed by atoms with Gasteiger partial charge in [0.1, 0.15) is 23.8 Å². The zero-order chi connectivity index (χ0) is 18.5. The molecule has 4 rings (SSSR count). The van der Waals surface area contributed by atoms with Gasteiger partial charge in [0.05, 0.1) is 5.69 Å². The molecule has 1 aliphatic heterocycles. The highest BCUT2D eigenvalue weighted by atomic mass is 19.1. The van der Waals surface area contributed by atoms with Crippen LogP contribution >= 0.6 is 0 Å². The Morgan fingerprint density at radius 1 is 0.889 bits per heavy atom. The lowest BCUT2D eigenvalue weighted by molar-refractivity contribution is 0.595. The predicted molar refractivity (Wildman–Crippen MR) is 108 cm³/mol. The maximum Gasteiger partial charge on any atom is 0.146 e. The van der Waals surface area contributed by atoms with E-state index in [0.717, 1.165) is 37.8 Å². The van der Waals surface area contributed by atoms with Crippen LogP contribution in [0.1, 0.15) is 38.5 Å². The molecule has 0 unspecified atom stereocenters. The van der Waals surface area contributed by atoms with Crippen molar-refractivity contribution < 1.29 is 4.39 Å². The van der Waals surface area contributed by atoms with Crippen LogP contribution < -0.4 is 15.1 Å². The van der Waals surface area contributed by atoms with E-state index in [2.05, 4.69) is 31.2 Å². The first-order chi connectivity index (χ1) is 13.3. The van der Waals surface area contributed by atoms with Crippen molar-refractivity contribution >= 4 is 17.3 Å². The van der Waals surface area contributed by atoms with Crippen LogP contribution in [0.15, 0.2) is 36.7 Å². The lowest BCUT2D eigenvalue weighted by Crippen LogP contribution is -2.47. The highest BCUT2D eigenvalue weighted by Crippen LogP contribution is 2.24. The Balaban J connectivity index is 1.37. The number of nitrogens with zero attached hydrogens (tertiary/aromatic N) is 4. The molecular weight excluding hydrogens is 341 g/mol. The molecule has 2 aliphatic rings. The summed E-state index contributed by atoms with van der Waals surface area (Å²) in [6.45, 7) is 3.23. The normalized spacial score (nSPS) is 19.0. The molecule has 0 radical (unpaired) electrons. The average Bonchev–Trinajstić information content (AvgIpc) is 2.97. The molecule has 144 valence electrons. The minimum absolute atomic E-state index is 0.150. The minimum Gasteiger partial charge on any atom is -0.367 e. The molecule has 2 heterocycles. The van der Waals surface area contributed by atoms with Crippen LogP contribution in [0.2, 0.25) is 0 Å². The van der Waals surface area contributed by atoms with Gasteiger partial charge in [-0.3, -0.25) is 0 Å². The second kappa shape index (κ2) is 8.55. The Kier molecular flexibility index (Phi) is 5.70. The number of benzene rings is 1. The molecule has 5 nitrogen and oxygen atoms in total.